The Morgan fingerprint density at radius 2 is 1.83 bits per heavy atom. The van der Waals surface area contributed by atoms with Crippen molar-refractivity contribution in [3.05, 3.63) is 0 Å². The maximum Gasteiger partial charge on any atom is 0.254 e. The van der Waals surface area contributed by atoms with Crippen LogP contribution in [0.25, 0.3) is 0 Å². The molecular formula is C9H15F2N. The molecule has 1 saturated heterocycles. The molecule has 0 aromatic heterocycles. The third kappa shape index (κ3) is 1.15. The SMILES string of the molecule is CN1CCCC2(CC1)CC2(F)F. The highest BCUT2D eigenvalue weighted by Crippen LogP contribution is 2.65. The van der Waals surface area contributed by atoms with Crippen molar-refractivity contribution in [3.63, 3.8) is 0 Å². The van der Waals surface area contributed by atoms with Crippen LogP contribution in [0.5, 0.6) is 0 Å². The first-order valence-electron chi connectivity index (χ1n) is 4.62. The van der Waals surface area contributed by atoms with E-state index < -0.39 is 11.3 Å². The molecule has 1 unspecified atom stereocenters. The van der Waals surface area contributed by atoms with Crippen molar-refractivity contribution >= 4 is 0 Å². The summed E-state index contributed by atoms with van der Waals surface area (Å²) in [5.41, 5.74) is -0.586. The molecule has 12 heavy (non-hydrogen) atoms. The van der Waals surface area contributed by atoms with E-state index in [1.807, 2.05) is 7.05 Å². The average Bonchev–Trinajstić information content (AvgIpc) is 2.55. The Labute approximate surface area is 71.7 Å². The summed E-state index contributed by atoms with van der Waals surface area (Å²) in [4.78, 5) is 2.16. The van der Waals surface area contributed by atoms with E-state index in [1.165, 1.54) is 0 Å². The van der Waals surface area contributed by atoms with Gasteiger partial charge < -0.3 is 4.90 Å². The molecule has 70 valence electrons. The fourth-order valence-electron chi connectivity index (χ4n) is 2.25. The van der Waals surface area contributed by atoms with Crippen LogP contribution in [-0.2, 0) is 0 Å². The number of halogens is 2. The van der Waals surface area contributed by atoms with E-state index in [-0.39, 0.29) is 6.42 Å². The minimum absolute atomic E-state index is 0.147. The summed E-state index contributed by atoms with van der Waals surface area (Å²) in [6.45, 7) is 1.83. The van der Waals surface area contributed by atoms with Crippen LogP contribution in [0.1, 0.15) is 25.7 Å². The summed E-state index contributed by atoms with van der Waals surface area (Å²) in [6.07, 6.45) is 2.50. The van der Waals surface area contributed by atoms with Gasteiger partial charge in [-0.15, -0.1) is 0 Å². The molecule has 2 aliphatic rings. The highest BCUT2D eigenvalue weighted by molar-refractivity contribution is 5.10. The van der Waals surface area contributed by atoms with Crippen LogP contribution in [0.3, 0.4) is 0 Å². The third-order valence-electron chi connectivity index (χ3n) is 3.38. The van der Waals surface area contributed by atoms with Gasteiger partial charge in [0.05, 0.1) is 0 Å². The summed E-state index contributed by atoms with van der Waals surface area (Å²) in [7, 11) is 2.01. The maximum atomic E-state index is 13.0. The molecule has 2 rings (SSSR count). The Morgan fingerprint density at radius 3 is 2.42 bits per heavy atom. The molecule has 1 heterocycles. The Morgan fingerprint density at radius 1 is 1.17 bits per heavy atom. The highest BCUT2D eigenvalue weighted by Gasteiger charge is 2.69. The van der Waals surface area contributed by atoms with Crippen LogP contribution in [0.4, 0.5) is 8.78 Å². The molecule has 2 fully saturated rings. The molecule has 0 aromatic rings. The lowest BCUT2D eigenvalue weighted by atomic mass is 9.97. The van der Waals surface area contributed by atoms with Crippen molar-refractivity contribution in [1.82, 2.24) is 4.90 Å². The van der Waals surface area contributed by atoms with Gasteiger partial charge >= 0.3 is 0 Å². The second kappa shape index (κ2) is 2.41. The first-order chi connectivity index (χ1) is 5.56. The predicted molar refractivity (Wildman–Crippen MR) is 43.3 cm³/mol. The Kier molecular flexibility index (Phi) is 1.69. The zero-order valence-electron chi connectivity index (χ0n) is 7.45. The highest BCUT2D eigenvalue weighted by atomic mass is 19.3. The summed E-state index contributed by atoms with van der Waals surface area (Å²) < 4.78 is 25.9. The smallest absolute Gasteiger partial charge is 0.254 e. The fourth-order valence-corrected chi connectivity index (χ4v) is 2.25. The first kappa shape index (κ1) is 8.42. The lowest BCUT2D eigenvalue weighted by Crippen LogP contribution is -2.20. The first-order valence-corrected chi connectivity index (χ1v) is 4.62. The van der Waals surface area contributed by atoms with Crippen molar-refractivity contribution in [2.45, 2.75) is 31.6 Å². The Hall–Kier alpha value is -0.180. The molecule has 0 aromatic carbocycles. The molecule has 0 radical (unpaired) electrons. The van der Waals surface area contributed by atoms with Crippen molar-refractivity contribution in [2.24, 2.45) is 5.41 Å². The quantitative estimate of drug-likeness (QED) is 0.545. The van der Waals surface area contributed by atoms with Gasteiger partial charge in [-0.05, 0) is 39.4 Å². The maximum absolute atomic E-state index is 13.0. The summed E-state index contributed by atoms with van der Waals surface area (Å²) in [6, 6.07) is 0. The normalized spacial score (nSPS) is 41.2. The molecule has 1 aliphatic heterocycles. The minimum atomic E-state index is -2.34. The monoisotopic (exact) mass is 175 g/mol. The average molecular weight is 175 g/mol. The second-order valence-electron chi connectivity index (χ2n) is 4.32. The van der Waals surface area contributed by atoms with Crippen LogP contribution in [0.15, 0.2) is 0 Å². The summed E-state index contributed by atoms with van der Waals surface area (Å²) >= 11 is 0. The lowest BCUT2D eigenvalue weighted by molar-refractivity contribution is 0.0579. The van der Waals surface area contributed by atoms with Gasteiger partial charge in [0, 0.05) is 11.8 Å². The molecule has 1 atom stereocenters. The third-order valence-corrected chi connectivity index (χ3v) is 3.38. The van der Waals surface area contributed by atoms with E-state index in [0.717, 1.165) is 25.9 Å². The van der Waals surface area contributed by atoms with E-state index in [0.29, 0.717) is 6.42 Å². The van der Waals surface area contributed by atoms with Gasteiger partial charge in [0.1, 0.15) is 0 Å². The van der Waals surface area contributed by atoms with Crippen LogP contribution in [0.2, 0.25) is 0 Å². The number of alkyl halides is 2. The zero-order valence-corrected chi connectivity index (χ0v) is 7.45. The Bertz CT molecular complexity index is 193. The number of hydrogen-bond acceptors (Lipinski definition) is 1. The lowest BCUT2D eigenvalue weighted by Gasteiger charge is -2.13. The van der Waals surface area contributed by atoms with E-state index in [9.17, 15) is 8.78 Å². The second-order valence-corrected chi connectivity index (χ2v) is 4.32. The minimum Gasteiger partial charge on any atom is -0.306 e. The Balaban J connectivity index is 2.01. The van der Waals surface area contributed by atoms with E-state index in [2.05, 4.69) is 4.90 Å². The molecule has 3 heteroatoms. The largest absolute Gasteiger partial charge is 0.306 e. The van der Waals surface area contributed by atoms with Crippen molar-refractivity contribution in [3.8, 4) is 0 Å². The van der Waals surface area contributed by atoms with E-state index >= 15 is 0 Å². The summed E-state index contributed by atoms with van der Waals surface area (Å²) in [5, 5.41) is 0. The van der Waals surface area contributed by atoms with Crippen LogP contribution < -0.4 is 0 Å². The molecule has 1 aliphatic carbocycles. The topological polar surface area (TPSA) is 3.24 Å². The van der Waals surface area contributed by atoms with Gasteiger partial charge in [-0.1, -0.05) is 0 Å². The van der Waals surface area contributed by atoms with Crippen molar-refractivity contribution in [1.29, 1.82) is 0 Å². The van der Waals surface area contributed by atoms with Gasteiger partial charge in [0.2, 0.25) is 0 Å². The number of rotatable bonds is 0. The zero-order chi connectivity index (χ0) is 8.82. The van der Waals surface area contributed by atoms with Crippen molar-refractivity contribution in [2.75, 3.05) is 20.1 Å². The number of nitrogens with zero attached hydrogens (tertiary/aromatic N) is 1. The van der Waals surface area contributed by atoms with Gasteiger partial charge in [0.15, 0.2) is 0 Å². The van der Waals surface area contributed by atoms with Gasteiger partial charge in [-0.25, -0.2) is 8.78 Å². The fraction of sp³-hybridized carbons (Fsp3) is 1.00. The molecular weight excluding hydrogens is 160 g/mol. The molecule has 0 bridgehead atoms. The van der Waals surface area contributed by atoms with Gasteiger partial charge in [0.25, 0.3) is 5.92 Å². The van der Waals surface area contributed by atoms with E-state index in [1.54, 1.807) is 0 Å². The van der Waals surface area contributed by atoms with Gasteiger partial charge in [-0.2, -0.15) is 0 Å². The molecule has 1 saturated carbocycles. The number of hydrogen-bond donors (Lipinski definition) is 0. The van der Waals surface area contributed by atoms with Crippen LogP contribution in [0, 0.1) is 5.41 Å². The molecule has 1 nitrogen and oxygen atoms in total. The van der Waals surface area contributed by atoms with Crippen LogP contribution in [-0.4, -0.2) is 31.0 Å². The molecule has 0 amide bonds. The standard InChI is InChI=1S/C9H15F2N/c1-12-5-2-3-8(4-6-12)7-9(8,10)11/h2-7H2,1H3. The molecule has 1 spiro atoms. The number of likely N-dealkylation sites (tertiary alicyclic amines) is 1. The van der Waals surface area contributed by atoms with Gasteiger partial charge in [-0.3, -0.25) is 0 Å². The van der Waals surface area contributed by atoms with E-state index in [4.69, 9.17) is 0 Å². The van der Waals surface area contributed by atoms with Crippen LogP contribution >= 0.6 is 0 Å². The predicted octanol–water partition coefficient (Wildman–Crippen LogP) is 2.13. The molecule has 0 N–H and O–H groups in total. The summed E-state index contributed by atoms with van der Waals surface area (Å²) in [5.74, 6) is -2.34. The van der Waals surface area contributed by atoms with Crippen molar-refractivity contribution < 1.29 is 8.78 Å².